The Labute approximate surface area is 126 Å². The van der Waals surface area contributed by atoms with Gasteiger partial charge in [0.2, 0.25) is 0 Å². The molecule has 0 aliphatic heterocycles. The highest BCUT2D eigenvalue weighted by Gasteiger charge is 2.46. The molecule has 4 nitrogen and oxygen atoms in total. The standard InChI is InChI=1S/C17H15FN2O2/c18-11-3-4-12-13(9-19-14(12)8-11)17(5-6-17)10-20-16(21)15-2-1-7-22-15/h1-4,7-9,19H,5-6,10H2,(H,20,21). The summed E-state index contributed by atoms with van der Waals surface area (Å²) in [5.41, 5.74) is 1.87. The fourth-order valence-corrected chi connectivity index (χ4v) is 2.97. The molecular weight excluding hydrogens is 283 g/mol. The molecule has 1 saturated carbocycles. The van der Waals surface area contributed by atoms with Crippen molar-refractivity contribution >= 4 is 16.8 Å². The number of amides is 1. The van der Waals surface area contributed by atoms with Crippen molar-refractivity contribution in [2.24, 2.45) is 0 Å². The average molecular weight is 298 g/mol. The van der Waals surface area contributed by atoms with Gasteiger partial charge in [-0.15, -0.1) is 0 Å². The number of nitrogens with one attached hydrogen (secondary N) is 2. The van der Waals surface area contributed by atoms with Crippen molar-refractivity contribution in [3.05, 3.63) is 59.9 Å². The highest BCUT2D eigenvalue weighted by atomic mass is 19.1. The number of hydrogen-bond acceptors (Lipinski definition) is 2. The third-order valence-corrected chi connectivity index (χ3v) is 4.40. The van der Waals surface area contributed by atoms with Crippen LogP contribution in [0.4, 0.5) is 4.39 Å². The van der Waals surface area contributed by atoms with Crippen LogP contribution in [0.15, 0.2) is 47.2 Å². The molecule has 5 heteroatoms. The monoisotopic (exact) mass is 298 g/mol. The van der Waals surface area contributed by atoms with E-state index in [2.05, 4.69) is 10.3 Å². The van der Waals surface area contributed by atoms with Crippen LogP contribution in [0.5, 0.6) is 0 Å². The largest absolute Gasteiger partial charge is 0.459 e. The molecule has 0 bridgehead atoms. The second-order valence-corrected chi connectivity index (χ2v) is 5.83. The molecule has 112 valence electrons. The molecule has 2 N–H and O–H groups in total. The van der Waals surface area contributed by atoms with E-state index in [1.54, 1.807) is 18.2 Å². The van der Waals surface area contributed by atoms with Crippen molar-refractivity contribution in [3.8, 4) is 0 Å². The summed E-state index contributed by atoms with van der Waals surface area (Å²) in [6, 6.07) is 8.10. The lowest BCUT2D eigenvalue weighted by molar-refractivity contribution is 0.0922. The lowest BCUT2D eigenvalue weighted by atomic mass is 9.95. The third kappa shape index (κ3) is 2.09. The van der Waals surface area contributed by atoms with Crippen molar-refractivity contribution in [1.29, 1.82) is 0 Å². The lowest BCUT2D eigenvalue weighted by Crippen LogP contribution is -2.31. The molecule has 3 aromatic rings. The highest BCUT2D eigenvalue weighted by molar-refractivity contribution is 5.91. The van der Waals surface area contributed by atoms with E-state index in [4.69, 9.17) is 4.42 Å². The zero-order chi connectivity index (χ0) is 15.2. The fraction of sp³-hybridized carbons (Fsp3) is 0.235. The third-order valence-electron chi connectivity index (χ3n) is 4.40. The topological polar surface area (TPSA) is 58.0 Å². The number of H-pyrrole nitrogens is 1. The predicted octanol–water partition coefficient (Wildman–Crippen LogP) is 3.36. The summed E-state index contributed by atoms with van der Waals surface area (Å²) in [6.45, 7) is 0.552. The number of fused-ring (bicyclic) bond motifs is 1. The minimum atomic E-state index is -0.253. The van der Waals surface area contributed by atoms with Gasteiger partial charge in [-0.2, -0.15) is 0 Å². The van der Waals surface area contributed by atoms with Crippen LogP contribution >= 0.6 is 0 Å². The maximum atomic E-state index is 13.3. The van der Waals surface area contributed by atoms with Crippen molar-refractivity contribution in [2.75, 3.05) is 6.54 Å². The van der Waals surface area contributed by atoms with Crippen LogP contribution in [-0.4, -0.2) is 17.4 Å². The van der Waals surface area contributed by atoms with Crippen molar-refractivity contribution in [3.63, 3.8) is 0 Å². The molecule has 1 aliphatic carbocycles. The molecule has 4 rings (SSSR count). The Morgan fingerprint density at radius 1 is 1.36 bits per heavy atom. The smallest absolute Gasteiger partial charge is 0.287 e. The molecular formula is C17H15FN2O2. The van der Waals surface area contributed by atoms with Gasteiger partial charge in [0.05, 0.1) is 6.26 Å². The zero-order valence-electron chi connectivity index (χ0n) is 11.9. The maximum absolute atomic E-state index is 13.3. The van der Waals surface area contributed by atoms with Gasteiger partial charge in [-0.25, -0.2) is 4.39 Å². The SMILES string of the molecule is O=C(NCC1(c2c[nH]c3cc(F)ccc23)CC1)c1ccco1. The summed E-state index contributed by atoms with van der Waals surface area (Å²) in [6.07, 6.45) is 5.43. The van der Waals surface area contributed by atoms with E-state index < -0.39 is 0 Å². The number of aromatic nitrogens is 1. The first kappa shape index (κ1) is 13.1. The Balaban J connectivity index is 1.57. The Morgan fingerprint density at radius 2 is 2.23 bits per heavy atom. The van der Waals surface area contributed by atoms with Gasteiger partial charge in [-0.05, 0) is 48.7 Å². The van der Waals surface area contributed by atoms with Crippen molar-refractivity contribution in [2.45, 2.75) is 18.3 Å². The molecule has 0 atom stereocenters. The van der Waals surface area contributed by atoms with E-state index in [0.717, 1.165) is 29.3 Å². The molecule has 0 radical (unpaired) electrons. The quantitative estimate of drug-likeness (QED) is 0.776. The summed E-state index contributed by atoms with van der Waals surface area (Å²) >= 11 is 0. The first-order valence-corrected chi connectivity index (χ1v) is 7.27. The molecule has 2 heterocycles. The second-order valence-electron chi connectivity index (χ2n) is 5.83. The first-order chi connectivity index (χ1) is 10.7. The minimum Gasteiger partial charge on any atom is -0.459 e. The molecule has 1 amide bonds. The number of benzene rings is 1. The van der Waals surface area contributed by atoms with E-state index in [-0.39, 0.29) is 17.1 Å². The number of carbonyl (C=O) groups is 1. The Hall–Kier alpha value is -2.56. The van der Waals surface area contributed by atoms with Crippen LogP contribution in [-0.2, 0) is 5.41 Å². The summed E-state index contributed by atoms with van der Waals surface area (Å²) in [4.78, 5) is 15.1. The van der Waals surface area contributed by atoms with Crippen LogP contribution in [0.3, 0.4) is 0 Å². The summed E-state index contributed by atoms with van der Waals surface area (Å²) < 4.78 is 18.4. The van der Waals surface area contributed by atoms with Crippen LogP contribution in [0.25, 0.3) is 10.9 Å². The van der Waals surface area contributed by atoms with Gasteiger partial charge in [0.15, 0.2) is 5.76 Å². The lowest BCUT2D eigenvalue weighted by Gasteiger charge is -2.15. The fourth-order valence-electron chi connectivity index (χ4n) is 2.97. The van der Waals surface area contributed by atoms with Gasteiger partial charge in [0, 0.05) is 29.1 Å². The molecule has 0 unspecified atom stereocenters. The van der Waals surface area contributed by atoms with Crippen LogP contribution in [0, 0.1) is 5.82 Å². The zero-order valence-corrected chi connectivity index (χ0v) is 11.9. The van der Waals surface area contributed by atoms with Crippen LogP contribution < -0.4 is 5.32 Å². The molecule has 22 heavy (non-hydrogen) atoms. The van der Waals surface area contributed by atoms with E-state index in [0.29, 0.717) is 12.3 Å². The van der Waals surface area contributed by atoms with Crippen molar-refractivity contribution in [1.82, 2.24) is 10.3 Å². The summed E-state index contributed by atoms with van der Waals surface area (Å²) in [5, 5.41) is 3.95. The Kier molecular flexibility index (Phi) is 2.82. The van der Waals surface area contributed by atoms with Gasteiger partial charge in [-0.3, -0.25) is 4.79 Å². The maximum Gasteiger partial charge on any atom is 0.287 e. The van der Waals surface area contributed by atoms with E-state index in [9.17, 15) is 9.18 Å². The molecule has 1 fully saturated rings. The first-order valence-electron chi connectivity index (χ1n) is 7.27. The number of hydrogen-bond donors (Lipinski definition) is 2. The minimum absolute atomic E-state index is 0.0572. The van der Waals surface area contributed by atoms with Gasteiger partial charge in [0.25, 0.3) is 5.91 Å². The average Bonchev–Trinajstić information content (AvgIpc) is 2.95. The summed E-state index contributed by atoms with van der Waals surface area (Å²) in [7, 11) is 0. The van der Waals surface area contributed by atoms with Crippen LogP contribution in [0.1, 0.15) is 29.0 Å². The number of halogens is 1. The number of aromatic amines is 1. The Morgan fingerprint density at radius 3 is 2.95 bits per heavy atom. The van der Waals surface area contributed by atoms with Gasteiger partial charge < -0.3 is 14.7 Å². The van der Waals surface area contributed by atoms with E-state index in [1.165, 1.54) is 18.4 Å². The van der Waals surface area contributed by atoms with Gasteiger partial charge in [-0.1, -0.05) is 0 Å². The molecule has 2 aromatic heterocycles. The number of rotatable bonds is 4. The van der Waals surface area contributed by atoms with E-state index in [1.807, 2.05) is 6.20 Å². The summed E-state index contributed by atoms with van der Waals surface area (Å²) in [5.74, 6) is -0.143. The molecule has 0 saturated heterocycles. The second kappa shape index (κ2) is 4.73. The highest BCUT2D eigenvalue weighted by Crippen LogP contribution is 2.50. The Bertz CT molecular complexity index is 832. The number of carbonyl (C=O) groups excluding carboxylic acids is 1. The predicted molar refractivity (Wildman–Crippen MR) is 80.2 cm³/mol. The molecule has 1 aliphatic rings. The van der Waals surface area contributed by atoms with Crippen molar-refractivity contribution < 1.29 is 13.6 Å². The van der Waals surface area contributed by atoms with Crippen LogP contribution in [0.2, 0.25) is 0 Å². The van der Waals surface area contributed by atoms with Gasteiger partial charge >= 0.3 is 0 Å². The number of furan rings is 1. The normalized spacial score (nSPS) is 15.9. The molecule has 1 aromatic carbocycles. The van der Waals surface area contributed by atoms with E-state index >= 15 is 0 Å². The van der Waals surface area contributed by atoms with Gasteiger partial charge in [0.1, 0.15) is 5.82 Å². The molecule has 0 spiro atoms.